The molecule has 0 unspecified atom stereocenters. The molecule has 5 heteroatoms. The van der Waals surface area contributed by atoms with Gasteiger partial charge in [-0.2, -0.15) is 0 Å². The van der Waals surface area contributed by atoms with Gasteiger partial charge in [-0.3, -0.25) is 9.69 Å². The molecule has 5 aromatic rings. The van der Waals surface area contributed by atoms with Crippen molar-refractivity contribution >= 4 is 45.4 Å². The number of benzene rings is 5. The van der Waals surface area contributed by atoms with Gasteiger partial charge in [-0.25, -0.2) is 4.99 Å². The van der Waals surface area contributed by atoms with Gasteiger partial charge in [0.1, 0.15) is 12.4 Å². The van der Waals surface area contributed by atoms with Gasteiger partial charge in [0, 0.05) is 5.56 Å². The molecule has 1 heterocycles. The third-order valence-electron chi connectivity index (χ3n) is 6.50. The maximum atomic E-state index is 13.9. The van der Waals surface area contributed by atoms with Crippen molar-refractivity contribution < 1.29 is 9.53 Å². The molecule has 0 aliphatic carbocycles. The Morgan fingerprint density at radius 2 is 1.36 bits per heavy atom. The average molecular weight is 527 g/mol. The Labute approximate surface area is 232 Å². The molecular formula is C34H26N2O2S. The van der Waals surface area contributed by atoms with Gasteiger partial charge in [0.05, 0.1) is 17.1 Å². The summed E-state index contributed by atoms with van der Waals surface area (Å²) < 4.78 is 6.31. The van der Waals surface area contributed by atoms with Gasteiger partial charge >= 0.3 is 0 Å². The number of carbonyl (C=O) groups is 1. The number of thioether (sulfide) groups is 1. The van der Waals surface area contributed by atoms with Gasteiger partial charge in [-0.05, 0) is 57.9 Å². The molecule has 1 fully saturated rings. The van der Waals surface area contributed by atoms with Crippen molar-refractivity contribution in [3.63, 3.8) is 0 Å². The Balaban J connectivity index is 1.40. The van der Waals surface area contributed by atoms with Crippen molar-refractivity contribution in [2.75, 3.05) is 0 Å². The standard InChI is InChI=1S/C34H26N2O2S/c37-33-32(39-34(35-28-17-8-3-9-18-28)36(33)23-25-12-4-1-5-13-25)22-30-29-19-11-10-16-27(29)20-21-31(30)38-24-26-14-6-2-7-15-26/h1-22H,23-24H2/b32-22+,35-34?. The lowest BCUT2D eigenvalue weighted by atomic mass is 10.0. The minimum atomic E-state index is -0.0690. The molecule has 0 bridgehead atoms. The molecular weight excluding hydrogens is 500 g/mol. The predicted molar refractivity (Wildman–Crippen MR) is 161 cm³/mol. The zero-order valence-corrected chi connectivity index (χ0v) is 22.1. The lowest BCUT2D eigenvalue weighted by Gasteiger charge is -2.16. The van der Waals surface area contributed by atoms with Crippen LogP contribution in [0.5, 0.6) is 5.75 Å². The van der Waals surface area contributed by atoms with Crippen LogP contribution >= 0.6 is 11.8 Å². The summed E-state index contributed by atoms with van der Waals surface area (Å²) in [7, 11) is 0. The first kappa shape index (κ1) is 24.7. The number of aliphatic imine (C=N–C) groups is 1. The number of ether oxygens (including phenoxy) is 1. The monoisotopic (exact) mass is 526 g/mol. The Hall–Kier alpha value is -4.61. The van der Waals surface area contributed by atoms with Gasteiger partial charge < -0.3 is 4.74 Å². The van der Waals surface area contributed by atoms with E-state index >= 15 is 0 Å². The van der Waals surface area contributed by atoms with Crippen molar-refractivity contribution in [3.8, 4) is 5.75 Å². The van der Waals surface area contributed by atoms with Gasteiger partial charge in [0.2, 0.25) is 0 Å². The van der Waals surface area contributed by atoms with Crippen LogP contribution in [-0.2, 0) is 17.9 Å². The number of para-hydroxylation sites is 1. The number of rotatable bonds is 7. The molecule has 0 saturated carbocycles. The molecule has 0 aromatic heterocycles. The predicted octanol–water partition coefficient (Wildman–Crippen LogP) is 8.22. The van der Waals surface area contributed by atoms with Gasteiger partial charge in [-0.1, -0.05) is 109 Å². The summed E-state index contributed by atoms with van der Waals surface area (Å²) in [4.78, 5) is 21.1. The summed E-state index contributed by atoms with van der Waals surface area (Å²) in [6.45, 7) is 0.889. The number of hydrogen-bond donors (Lipinski definition) is 0. The quantitative estimate of drug-likeness (QED) is 0.201. The van der Waals surface area contributed by atoms with E-state index in [9.17, 15) is 4.79 Å². The first-order valence-corrected chi connectivity index (χ1v) is 13.6. The number of fused-ring (bicyclic) bond motifs is 1. The molecule has 190 valence electrons. The fourth-order valence-corrected chi connectivity index (χ4v) is 5.51. The highest BCUT2D eigenvalue weighted by atomic mass is 32.2. The molecule has 1 saturated heterocycles. The SMILES string of the molecule is O=C1/C(=C\c2c(OCc3ccccc3)ccc3ccccc23)SC(=Nc2ccccc2)N1Cc1ccccc1. The lowest BCUT2D eigenvalue weighted by Crippen LogP contribution is -2.28. The number of nitrogens with zero attached hydrogens (tertiary/aromatic N) is 2. The van der Waals surface area contributed by atoms with E-state index in [1.165, 1.54) is 11.8 Å². The van der Waals surface area contributed by atoms with Crippen LogP contribution in [0.2, 0.25) is 0 Å². The second-order valence-corrected chi connectivity index (χ2v) is 10.2. The van der Waals surface area contributed by atoms with Crippen molar-refractivity contribution in [2.24, 2.45) is 4.99 Å². The number of amides is 1. The zero-order chi connectivity index (χ0) is 26.4. The highest BCUT2D eigenvalue weighted by Crippen LogP contribution is 2.38. The summed E-state index contributed by atoms with van der Waals surface area (Å²) in [6, 6.07) is 42.1. The molecule has 0 spiro atoms. The second-order valence-electron chi connectivity index (χ2n) is 9.19. The van der Waals surface area contributed by atoms with Gasteiger partial charge in [0.15, 0.2) is 5.17 Å². The van der Waals surface area contributed by atoms with Crippen LogP contribution in [0.25, 0.3) is 16.8 Å². The van der Waals surface area contributed by atoms with Crippen LogP contribution in [0.15, 0.2) is 137 Å². The van der Waals surface area contributed by atoms with Crippen LogP contribution in [-0.4, -0.2) is 16.0 Å². The maximum Gasteiger partial charge on any atom is 0.267 e. The van der Waals surface area contributed by atoms with E-state index in [0.29, 0.717) is 23.2 Å². The summed E-state index contributed by atoms with van der Waals surface area (Å²) in [5.41, 5.74) is 3.83. The van der Waals surface area contributed by atoms with E-state index in [-0.39, 0.29) is 5.91 Å². The van der Waals surface area contributed by atoms with Crippen molar-refractivity contribution in [1.82, 2.24) is 4.90 Å². The molecule has 6 rings (SSSR count). The van der Waals surface area contributed by atoms with Crippen LogP contribution in [0.4, 0.5) is 5.69 Å². The zero-order valence-electron chi connectivity index (χ0n) is 21.2. The van der Waals surface area contributed by atoms with Crippen LogP contribution in [0.1, 0.15) is 16.7 Å². The minimum absolute atomic E-state index is 0.0690. The van der Waals surface area contributed by atoms with E-state index in [1.807, 2.05) is 115 Å². The molecule has 0 N–H and O–H groups in total. The number of carbonyl (C=O) groups excluding carboxylic acids is 1. The molecule has 1 amide bonds. The fourth-order valence-electron chi connectivity index (χ4n) is 4.53. The molecule has 5 aromatic carbocycles. The number of amidine groups is 1. The number of hydrogen-bond acceptors (Lipinski definition) is 4. The Morgan fingerprint density at radius 3 is 2.10 bits per heavy atom. The topological polar surface area (TPSA) is 41.9 Å². The lowest BCUT2D eigenvalue weighted by molar-refractivity contribution is -0.122. The third-order valence-corrected chi connectivity index (χ3v) is 7.50. The van der Waals surface area contributed by atoms with Crippen LogP contribution in [0.3, 0.4) is 0 Å². The van der Waals surface area contributed by atoms with E-state index in [0.717, 1.165) is 38.9 Å². The van der Waals surface area contributed by atoms with Crippen molar-refractivity contribution in [3.05, 3.63) is 149 Å². The summed E-state index contributed by atoms with van der Waals surface area (Å²) in [6.07, 6.45) is 1.96. The Morgan fingerprint density at radius 1 is 0.718 bits per heavy atom. The molecule has 39 heavy (non-hydrogen) atoms. The largest absolute Gasteiger partial charge is 0.488 e. The average Bonchev–Trinajstić information content (AvgIpc) is 3.27. The molecule has 1 aliphatic rings. The van der Waals surface area contributed by atoms with Gasteiger partial charge in [0.25, 0.3) is 5.91 Å². The second kappa shape index (κ2) is 11.4. The van der Waals surface area contributed by atoms with Crippen LogP contribution in [0, 0.1) is 0 Å². The Bertz CT molecular complexity index is 1670. The third kappa shape index (κ3) is 5.64. The summed E-state index contributed by atoms with van der Waals surface area (Å²) in [5, 5.41) is 2.78. The normalized spacial score (nSPS) is 15.4. The van der Waals surface area contributed by atoms with E-state index < -0.39 is 0 Å². The molecule has 0 atom stereocenters. The maximum absolute atomic E-state index is 13.9. The Kier molecular flexibility index (Phi) is 7.23. The van der Waals surface area contributed by atoms with E-state index in [4.69, 9.17) is 9.73 Å². The van der Waals surface area contributed by atoms with Crippen LogP contribution < -0.4 is 4.74 Å². The molecule has 1 aliphatic heterocycles. The van der Waals surface area contributed by atoms with E-state index in [1.54, 1.807) is 4.90 Å². The molecule has 0 radical (unpaired) electrons. The first-order valence-electron chi connectivity index (χ1n) is 12.8. The highest BCUT2D eigenvalue weighted by molar-refractivity contribution is 8.18. The highest BCUT2D eigenvalue weighted by Gasteiger charge is 2.34. The van der Waals surface area contributed by atoms with E-state index in [2.05, 4.69) is 18.2 Å². The fraction of sp³-hybridized carbons (Fsp3) is 0.0588. The summed E-state index contributed by atoms with van der Waals surface area (Å²) in [5.74, 6) is 0.669. The smallest absolute Gasteiger partial charge is 0.267 e. The van der Waals surface area contributed by atoms with Gasteiger partial charge in [-0.15, -0.1) is 0 Å². The van der Waals surface area contributed by atoms with Crippen molar-refractivity contribution in [1.29, 1.82) is 0 Å². The molecule has 4 nitrogen and oxygen atoms in total. The minimum Gasteiger partial charge on any atom is -0.488 e. The summed E-state index contributed by atoms with van der Waals surface area (Å²) >= 11 is 1.40. The first-order chi connectivity index (χ1) is 19.2. The van der Waals surface area contributed by atoms with Crippen molar-refractivity contribution in [2.45, 2.75) is 13.2 Å².